The van der Waals surface area contributed by atoms with Gasteiger partial charge in [-0.15, -0.1) is 0 Å². The quantitative estimate of drug-likeness (QED) is 0.362. The third kappa shape index (κ3) is 10.4. The molecule has 0 aliphatic carbocycles. The van der Waals surface area contributed by atoms with E-state index in [2.05, 4.69) is 38.0 Å². The standard InChI is InChI=1S/C23H38N2O6S2/c1-22(2,14-18-16-30-24-20(18)26)8-5-10-32(28)12-7-13-33(29)11-6-9-23(3,4)15-19-17-31-25-21(19)27/h16-17H,5-15H2,1-4H3,(H,24,26)(H,25,27). The van der Waals surface area contributed by atoms with Gasteiger partial charge in [0.05, 0.1) is 11.1 Å². The van der Waals surface area contributed by atoms with Gasteiger partial charge in [0.15, 0.2) is 0 Å². The summed E-state index contributed by atoms with van der Waals surface area (Å²) < 4.78 is 34.3. The summed E-state index contributed by atoms with van der Waals surface area (Å²) in [5, 5.41) is 4.62. The molecule has 33 heavy (non-hydrogen) atoms. The highest BCUT2D eigenvalue weighted by Gasteiger charge is 2.22. The molecule has 2 unspecified atom stereocenters. The van der Waals surface area contributed by atoms with Gasteiger partial charge in [-0.3, -0.25) is 18.0 Å². The first-order chi connectivity index (χ1) is 15.5. The molecule has 0 amide bonds. The van der Waals surface area contributed by atoms with Crippen LogP contribution in [0.1, 0.15) is 70.9 Å². The monoisotopic (exact) mass is 502 g/mol. The van der Waals surface area contributed by atoms with Gasteiger partial charge in [0, 0.05) is 44.6 Å². The summed E-state index contributed by atoms with van der Waals surface area (Å²) in [5.41, 5.74) is 0.778. The molecule has 2 aromatic rings. The van der Waals surface area contributed by atoms with Crippen LogP contribution in [0.25, 0.3) is 0 Å². The van der Waals surface area contributed by atoms with Crippen molar-refractivity contribution < 1.29 is 17.5 Å². The predicted molar refractivity (Wildman–Crippen MR) is 132 cm³/mol. The topological polar surface area (TPSA) is 126 Å². The maximum Gasteiger partial charge on any atom is 0.283 e. The summed E-state index contributed by atoms with van der Waals surface area (Å²) in [6.07, 6.45) is 8.26. The zero-order chi connectivity index (χ0) is 24.5. The van der Waals surface area contributed by atoms with Crippen LogP contribution in [0.3, 0.4) is 0 Å². The van der Waals surface area contributed by atoms with E-state index in [1.165, 1.54) is 12.5 Å². The zero-order valence-corrected chi connectivity index (χ0v) is 21.8. The number of rotatable bonds is 16. The Labute approximate surface area is 200 Å². The number of H-pyrrole nitrogens is 2. The van der Waals surface area contributed by atoms with E-state index < -0.39 is 21.6 Å². The van der Waals surface area contributed by atoms with Gasteiger partial charge >= 0.3 is 0 Å². The number of hydrogen-bond acceptors (Lipinski definition) is 6. The molecule has 0 bridgehead atoms. The Bertz CT molecular complexity index is 934. The first-order valence-electron chi connectivity index (χ1n) is 11.5. The molecule has 0 fully saturated rings. The van der Waals surface area contributed by atoms with Crippen molar-refractivity contribution in [2.45, 2.75) is 72.6 Å². The molecule has 2 N–H and O–H groups in total. The maximum absolute atomic E-state index is 12.3. The highest BCUT2D eigenvalue weighted by Crippen LogP contribution is 2.27. The van der Waals surface area contributed by atoms with E-state index >= 15 is 0 Å². The van der Waals surface area contributed by atoms with Gasteiger partial charge in [-0.05, 0) is 55.8 Å². The van der Waals surface area contributed by atoms with E-state index in [-0.39, 0.29) is 21.9 Å². The molecular formula is C23H38N2O6S2. The van der Waals surface area contributed by atoms with Crippen LogP contribution >= 0.6 is 0 Å². The van der Waals surface area contributed by atoms with Crippen LogP contribution < -0.4 is 11.1 Å². The summed E-state index contributed by atoms with van der Waals surface area (Å²) in [6, 6.07) is 0. The number of aromatic nitrogens is 2. The summed E-state index contributed by atoms with van der Waals surface area (Å²) in [5.74, 6) is 2.39. The number of nitrogens with one attached hydrogen (secondary N) is 2. The first-order valence-corrected chi connectivity index (χ1v) is 14.5. The minimum Gasteiger partial charge on any atom is -0.387 e. The average molecular weight is 503 g/mol. The van der Waals surface area contributed by atoms with E-state index in [0.717, 1.165) is 25.7 Å². The number of hydrogen-bond donors (Lipinski definition) is 2. The van der Waals surface area contributed by atoms with Crippen molar-refractivity contribution in [3.63, 3.8) is 0 Å². The molecule has 0 aromatic carbocycles. The second-order valence-corrected chi connectivity index (χ2v) is 13.7. The molecule has 10 heteroatoms. The molecule has 0 aliphatic heterocycles. The fraction of sp³-hybridized carbons (Fsp3) is 0.739. The Morgan fingerprint density at radius 3 is 1.39 bits per heavy atom. The highest BCUT2D eigenvalue weighted by molar-refractivity contribution is 7.85. The predicted octanol–water partition coefficient (Wildman–Crippen LogP) is 3.53. The normalized spacial score (nSPS) is 14.4. The molecule has 0 saturated heterocycles. The lowest BCUT2D eigenvalue weighted by Gasteiger charge is -2.23. The van der Waals surface area contributed by atoms with E-state index in [1.807, 2.05) is 0 Å². The molecular weight excluding hydrogens is 464 g/mol. The lowest BCUT2D eigenvalue weighted by molar-refractivity contribution is 0.327. The van der Waals surface area contributed by atoms with Gasteiger partial charge in [0.2, 0.25) is 0 Å². The molecule has 8 nitrogen and oxygen atoms in total. The van der Waals surface area contributed by atoms with Gasteiger partial charge in [-0.2, -0.15) is 10.3 Å². The van der Waals surface area contributed by atoms with Gasteiger partial charge in [0.25, 0.3) is 11.1 Å². The van der Waals surface area contributed by atoms with Crippen LogP contribution in [0.5, 0.6) is 0 Å². The van der Waals surface area contributed by atoms with Crippen molar-refractivity contribution in [1.82, 2.24) is 10.3 Å². The molecule has 2 heterocycles. The molecule has 2 rings (SSSR count). The summed E-state index contributed by atoms with van der Waals surface area (Å²) in [4.78, 5) is 23.2. The summed E-state index contributed by atoms with van der Waals surface area (Å²) in [6.45, 7) is 8.39. The molecule has 0 saturated carbocycles. The Balaban J connectivity index is 1.56. The second kappa shape index (κ2) is 12.7. The third-order valence-corrected chi connectivity index (χ3v) is 8.80. The third-order valence-electron chi connectivity index (χ3n) is 5.82. The summed E-state index contributed by atoms with van der Waals surface area (Å²) in [7, 11) is -1.83. The van der Waals surface area contributed by atoms with E-state index in [0.29, 0.717) is 53.4 Å². The van der Waals surface area contributed by atoms with Crippen molar-refractivity contribution in [2.75, 3.05) is 23.0 Å². The van der Waals surface area contributed by atoms with Crippen LogP contribution in [-0.2, 0) is 34.4 Å². The van der Waals surface area contributed by atoms with Crippen molar-refractivity contribution in [1.29, 1.82) is 0 Å². The van der Waals surface area contributed by atoms with Crippen molar-refractivity contribution >= 4 is 21.6 Å². The second-order valence-electron chi connectivity index (χ2n) is 10.3. The molecule has 2 atom stereocenters. The largest absolute Gasteiger partial charge is 0.387 e. The van der Waals surface area contributed by atoms with Gasteiger partial charge in [-0.1, -0.05) is 27.7 Å². The Hall–Kier alpha value is -1.68. The number of aromatic amines is 2. The highest BCUT2D eigenvalue weighted by atomic mass is 32.2. The van der Waals surface area contributed by atoms with E-state index in [4.69, 9.17) is 9.05 Å². The molecule has 0 radical (unpaired) electrons. The molecule has 188 valence electrons. The lowest BCUT2D eigenvalue weighted by atomic mass is 9.82. The fourth-order valence-corrected chi connectivity index (χ4v) is 6.46. The van der Waals surface area contributed by atoms with Crippen LogP contribution in [0, 0.1) is 10.8 Å². The van der Waals surface area contributed by atoms with Gasteiger partial charge in [0.1, 0.15) is 12.5 Å². The van der Waals surface area contributed by atoms with E-state index in [9.17, 15) is 18.0 Å². The summed E-state index contributed by atoms with van der Waals surface area (Å²) >= 11 is 0. The van der Waals surface area contributed by atoms with Gasteiger partial charge < -0.3 is 9.05 Å². The van der Waals surface area contributed by atoms with Crippen LogP contribution in [0.2, 0.25) is 0 Å². The minimum atomic E-state index is -0.917. The lowest BCUT2D eigenvalue weighted by Crippen LogP contribution is -2.20. The van der Waals surface area contributed by atoms with Gasteiger partial charge in [-0.25, -0.2) is 0 Å². The van der Waals surface area contributed by atoms with Crippen LogP contribution in [0.15, 0.2) is 31.2 Å². The molecule has 0 spiro atoms. The van der Waals surface area contributed by atoms with Crippen molar-refractivity contribution in [3.05, 3.63) is 44.4 Å². The Morgan fingerprint density at radius 1 is 0.697 bits per heavy atom. The average Bonchev–Trinajstić information content (AvgIpc) is 3.28. The molecule has 2 aromatic heterocycles. The fourth-order valence-electron chi connectivity index (χ4n) is 4.01. The smallest absolute Gasteiger partial charge is 0.283 e. The van der Waals surface area contributed by atoms with Crippen molar-refractivity contribution in [3.8, 4) is 0 Å². The Morgan fingerprint density at radius 2 is 1.06 bits per heavy atom. The van der Waals surface area contributed by atoms with E-state index in [1.54, 1.807) is 0 Å². The maximum atomic E-state index is 12.3. The Kier molecular flexibility index (Phi) is 10.6. The molecule has 0 aliphatic rings. The van der Waals surface area contributed by atoms with Crippen LogP contribution in [0.4, 0.5) is 0 Å². The SMILES string of the molecule is CC(C)(CCCS(=O)CCCS(=O)CCCC(C)(C)Cc1co[nH]c1=O)Cc1co[nH]c1=O. The van der Waals surface area contributed by atoms with Crippen LogP contribution in [-0.4, -0.2) is 41.7 Å². The first kappa shape index (κ1) is 27.6. The van der Waals surface area contributed by atoms with Crippen molar-refractivity contribution in [2.24, 2.45) is 10.8 Å². The zero-order valence-electron chi connectivity index (χ0n) is 20.2. The minimum absolute atomic E-state index is 0.0680.